The lowest BCUT2D eigenvalue weighted by molar-refractivity contribution is 0.425. The van der Waals surface area contributed by atoms with Gasteiger partial charge in [0.1, 0.15) is 5.82 Å². The molecule has 0 saturated carbocycles. The summed E-state index contributed by atoms with van der Waals surface area (Å²) in [5, 5.41) is 17.3. The van der Waals surface area contributed by atoms with Crippen LogP contribution >= 0.6 is 0 Å². The van der Waals surface area contributed by atoms with Gasteiger partial charge in [0.05, 0.1) is 5.69 Å². The summed E-state index contributed by atoms with van der Waals surface area (Å²) < 4.78 is 12.9. The van der Waals surface area contributed by atoms with Crippen LogP contribution in [0.15, 0.2) is 12.3 Å². The van der Waals surface area contributed by atoms with Crippen LogP contribution in [-0.4, -0.2) is 22.2 Å². The molecule has 0 bridgehead atoms. The highest BCUT2D eigenvalue weighted by atomic mass is 19.1. The van der Waals surface area contributed by atoms with Crippen LogP contribution in [0.3, 0.4) is 0 Å². The number of halogens is 1. The van der Waals surface area contributed by atoms with Crippen molar-refractivity contribution in [1.29, 1.82) is 0 Å². The number of aromatic nitrogens is 1. The van der Waals surface area contributed by atoms with Gasteiger partial charge >= 0.3 is 7.12 Å². The average Bonchev–Trinajstić information content (AvgIpc) is 2.04. The molecule has 0 amide bonds. The van der Waals surface area contributed by atoms with Crippen molar-refractivity contribution in [3.63, 3.8) is 0 Å². The van der Waals surface area contributed by atoms with E-state index in [1.54, 1.807) is 6.92 Å². The molecule has 64 valence electrons. The van der Waals surface area contributed by atoms with Gasteiger partial charge in [0.15, 0.2) is 0 Å². The number of pyridine rings is 1. The zero-order valence-corrected chi connectivity index (χ0v) is 6.66. The van der Waals surface area contributed by atoms with Crippen molar-refractivity contribution in [3.8, 4) is 0 Å². The molecule has 5 heteroatoms. The Morgan fingerprint density at radius 2 is 2.25 bits per heavy atom. The second kappa shape index (κ2) is 3.64. The molecule has 0 spiro atoms. The Balaban J connectivity index is 3.02. The van der Waals surface area contributed by atoms with E-state index in [1.165, 1.54) is 6.20 Å². The van der Waals surface area contributed by atoms with Crippen molar-refractivity contribution in [2.45, 2.75) is 13.3 Å². The summed E-state index contributed by atoms with van der Waals surface area (Å²) in [5.41, 5.74) is 0.407. The first kappa shape index (κ1) is 9.16. The summed E-state index contributed by atoms with van der Waals surface area (Å²) in [5.74, 6) is -0.497. The van der Waals surface area contributed by atoms with Gasteiger partial charge < -0.3 is 10.0 Å². The number of hydrogen-bond donors (Lipinski definition) is 2. The monoisotopic (exact) mass is 169 g/mol. The van der Waals surface area contributed by atoms with Crippen LogP contribution in [0.5, 0.6) is 0 Å². The molecule has 2 N–H and O–H groups in total. The fraction of sp³-hybridized carbons (Fsp3) is 0.286. The van der Waals surface area contributed by atoms with E-state index in [0.717, 1.165) is 6.07 Å². The predicted octanol–water partition coefficient (Wildman–Crippen LogP) is -0.537. The Labute approximate surface area is 70.0 Å². The minimum Gasteiger partial charge on any atom is -0.423 e. The fourth-order valence-corrected chi connectivity index (χ4v) is 0.882. The van der Waals surface area contributed by atoms with Crippen LogP contribution < -0.4 is 5.46 Å². The molecule has 3 nitrogen and oxygen atoms in total. The summed E-state index contributed by atoms with van der Waals surface area (Å²) in [4.78, 5) is 3.72. The van der Waals surface area contributed by atoms with E-state index in [1.807, 2.05) is 0 Å². The van der Waals surface area contributed by atoms with Gasteiger partial charge in [-0.1, -0.05) is 6.92 Å². The summed E-state index contributed by atoms with van der Waals surface area (Å²) in [6.07, 6.45) is 1.75. The van der Waals surface area contributed by atoms with E-state index < -0.39 is 12.9 Å². The molecule has 0 aromatic carbocycles. The van der Waals surface area contributed by atoms with Crippen LogP contribution in [0.2, 0.25) is 0 Å². The maximum Gasteiger partial charge on any atom is 0.490 e. The third-order valence-corrected chi connectivity index (χ3v) is 1.57. The smallest absolute Gasteiger partial charge is 0.423 e. The maximum atomic E-state index is 12.9. The topological polar surface area (TPSA) is 53.4 Å². The Bertz CT molecular complexity index is 280. The summed E-state index contributed by atoms with van der Waals surface area (Å²) >= 11 is 0. The Morgan fingerprint density at radius 1 is 1.58 bits per heavy atom. The Hall–Kier alpha value is -0.935. The number of hydrogen-bond acceptors (Lipinski definition) is 3. The number of aryl methyl sites for hydroxylation is 1. The van der Waals surface area contributed by atoms with Crippen LogP contribution in [0.4, 0.5) is 4.39 Å². The van der Waals surface area contributed by atoms with Crippen molar-refractivity contribution >= 4 is 12.6 Å². The first-order valence-corrected chi connectivity index (χ1v) is 3.65. The molecule has 1 heterocycles. The van der Waals surface area contributed by atoms with Gasteiger partial charge in [0, 0.05) is 11.7 Å². The normalized spacial score (nSPS) is 10.0. The lowest BCUT2D eigenvalue weighted by Gasteiger charge is -2.01. The van der Waals surface area contributed by atoms with Gasteiger partial charge in [-0.25, -0.2) is 4.39 Å². The molecule has 0 aliphatic carbocycles. The minimum absolute atomic E-state index is 0.0738. The van der Waals surface area contributed by atoms with E-state index in [9.17, 15) is 4.39 Å². The van der Waals surface area contributed by atoms with Crippen LogP contribution in [-0.2, 0) is 6.42 Å². The van der Waals surface area contributed by atoms with Gasteiger partial charge in [-0.3, -0.25) is 4.98 Å². The first-order valence-electron chi connectivity index (χ1n) is 3.65. The van der Waals surface area contributed by atoms with E-state index in [0.29, 0.717) is 12.1 Å². The lowest BCUT2D eigenvalue weighted by Crippen LogP contribution is -2.30. The molecule has 0 atom stereocenters. The molecule has 0 unspecified atom stereocenters. The molecule has 0 aliphatic rings. The summed E-state index contributed by atoms with van der Waals surface area (Å²) in [6, 6.07) is 1.08. The van der Waals surface area contributed by atoms with Crippen LogP contribution in [0, 0.1) is 5.82 Å². The van der Waals surface area contributed by atoms with Crippen molar-refractivity contribution in [1.82, 2.24) is 4.98 Å². The second-order valence-electron chi connectivity index (χ2n) is 2.42. The Morgan fingerprint density at radius 3 is 2.67 bits per heavy atom. The molecule has 12 heavy (non-hydrogen) atoms. The molecule has 0 saturated heterocycles. The SMILES string of the molecule is CCc1ncc(B(O)O)cc1F. The van der Waals surface area contributed by atoms with Crippen molar-refractivity contribution in [2.75, 3.05) is 0 Å². The highest BCUT2D eigenvalue weighted by Crippen LogP contribution is 2.01. The van der Waals surface area contributed by atoms with Gasteiger partial charge in [0.2, 0.25) is 0 Å². The van der Waals surface area contributed by atoms with Crippen molar-refractivity contribution in [3.05, 3.63) is 23.8 Å². The largest absolute Gasteiger partial charge is 0.490 e. The van der Waals surface area contributed by atoms with E-state index in [4.69, 9.17) is 10.0 Å². The summed E-state index contributed by atoms with van der Waals surface area (Å²) in [6.45, 7) is 1.78. The fourth-order valence-electron chi connectivity index (χ4n) is 0.882. The zero-order chi connectivity index (χ0) is 9.14. The lowest BCUT2D eigenvalue weighted by atomic mass is 9.81. The van der Waals surface area contributed by atoms with Crippen molar-refractivity contribution < 1.29 is 14.4 Å². The van der Waals surface area contributed by atoms with Gasteiger partial charge in [-0.15, -0.1) is 0 Å². The maximum absolute atomic E-state index is 12.9. The van der Waals surface area contributed by atoms with Gasteiger partial charge in [-0.2, -0.15) is 0 Å². The number of rotatable bonds is 2. The first-order chi connectivity index (χ1) is 5.65. The Kier molecular flexibility index (Phi) is 2.78. The number of nitrogens with zero attached hydrogens (tertiary/aromatic N) is 1. The minimum atomic E-state index is -1.65. The molecule has 0 fully saturated rings. The van der Waals surface area contributed by atoms with E-state index >= 15 is 0 Å². The third kappa shape index (κ3) is 1.81. The van der Waals surface area contributed by atoms with E-state index in [-0.39, 0.29) is 5.46 Å². The summed E-state index contributed by atoms with van der Waals surface area (Å²) in [7, 11) is -1.65. The third-order valence-electron chi connectivity index (χ3n) is 1.57. The molecule has 1 aromatic rings. The highest BCUT2D eigenvalue weighted by Gasteiger charge is 2.13. The zero-order valence-electron chi connectivity index (χ0n) is 6.66. The molecular weight excluding hydrogens is 160 g/mol. The van der Waals surface area contributed by atoms with E-state index in [2.05, 4.69) is 4.98 Å². The highest BCUT2D eigenvalue weighted by molar-refractivity contribution is 6.58. The molecule has 1 aromatic heterocycles. The predicted molar refractivity (Wildman–Crippen MR) is 43.4 cm³/mol. The molecule has 0 aliphatic heterocycles. The quantitative estimate of drug-likeness (QED) is 0.584. The van der Waals surface area contributed by atoms with Crippen LogP contribution in [0.25, 0.3) is 0 Å². The van der Waals surface area contributed by atoms with Crippen LogP contribution in [0.1, 0.15) is 12.6 Å². The second-order valence-corrected chi connectivity index (χ2v) is 2.42. The molecule has 0 radical (unpaired) electrons. The molecule has 1 rings (SSSR count). The standard InChI is InChI=1S/C7H9BFNO2/c1-2-7-6(9)3-5(4-10-7)8(11)12/h3-4,11-12H,2H2,1H3. The van der Waals surface area contributed by atoms with Crippen molar-refractivity contribution in [2.24, 2.45) is 0 Å². The average molecular weight is 169 g/mol. The van der Waals surface area contributed by atoms with Gasteiger partial charge in [-0.05, 0) is 12.5 Å². The van der Waals surface area contributed by atoms with Gasteiger partial charge in [0.25, 0.3) is 0 Å². The molecular formula is C7H9BFNO2.